The summed E-state index contributed by atoms with van der Waals surface area (Å²) >= 11 is 18.8. The minimum absolute atomic E-state index is 0.000177. The number of carbonyl (C=O) groups is 3. The van der Waals surface area contributed by atoms with Gasteiger partial charge in [-0.1, -0.05) is 34.8 Å². The summed E-state index contributed by atoms with van der Waals surface area (Å²) in [5, 5.41) is 2.76. The Bertz CT molecular complexity index is 1420. The molecule has 1 aromatic heterocycles. The standard InChI is InChI=1S/C20H12Cl3N3O5S2/c21-11-1-3-13-10(7-11)8-17(27)26(19(13)28)15-4-2-12(9-14(15)22)24-20(29)25-33(30,31)18-6-5-16(23)32-18/h1-7,9H,8H2,(H2,24,25,29). The number of halogens is 3. The second-order valence-corrected chi connectivity index (χ2v) is 11.3. The summed E-state index contributed by atoms with van der Waals surface area (Å²) < 4.78 is 26.5. The van der Waals surface area contributed by atoms with Gasteiger partial charge < -0.3 is 5.32 Å². The minimum atomic E-state index is -4.11. The number of urea groups is 1. The summed E-state index contributed by atoms with van der Waals surface area (Å²) in [4.78, 5) is 38.7. The number of carbonyl (C=O) groups excluding carboxylic acids is 3. The molecule has 0 saturated heterocycles. The van der Waals surface area contributed by atoms with E-state index in [1.165, 1.54) is 36.4 Å². The summed E-state index contributed by atoms with van der Waals surface area (Å²) in [5.41, 5.74) is 1.12. The van der Waals surface area contributed by atoms with Gasteiger partial charge in [-0.05, 0) is 54.1 Å². The molecule has 0 fully saturated rings. The van der Waals surface area contributed by atoms with E-state index >= 15 is 0 Å². The van der Waals surface area contributed by atoms with Crippen molar-refractivity contribution in [3.05, 3.63) is 74.0 Å². The molecule has 2 heterocycles. The smallest absolute Gasteiger partial charge is 0.307 e. The van der Waals surface area contributed by atoms with Gasteiger partial charge in [0, 0.05) is 16.3 Å². The minimum Gasteiger partial charge on any atom is -0.307 e. The van der Waals surface area contributed by atoms with Gasteiger partial charge in [0.15, 0.2) is 0 Å². The fourth-order valence-corrected chi connectivity index (χ4v) is 6.02. The Labute approximate surface area is 207 Å². The molecule has 0 spiro atoms. The molecule has 4 rings (SSSR count). The zero-order chi connectivity index (χ0) is 23.9. The van der Waals surface area contributed by atoms with E-state index in [1.807, 2.05) is 4.72 Å². The number of fused-ring (bicyclic) bond motifs is 1. The maximum atomic E-state index is 12.9. The van der Waals surface area contributed by atoms with Crippen LogP contribution in [0.4, 0.5) is 16.2 Å². The molecule has 2 N–H and O–H groups in total. The lowest BCUT2D eigenvalue weighted by molar-refractivity contribution is -0.117. The molecule has 33 heavy (non-hydrogen) atoms. The molecule has 1 aliphatic heterocycles. The van der Waals surface area contributed by atoms with Crippen molar-refractivity contribution in [2.45, 2.75) is 10.6 Å². The molecule has 13 heteroatoms. The van der Waals surface area contributed by atoms with E-state index in [-0.39, 0.29) is 31.4 Å². The number of benzene rings is 2. The van der Waals surface area contributed by atoms with Crippen LogP contribution in [0.15, 0.2) is 52.7 Å². The van der Waals surface area contributed by atoms with Gasteiger partial charge in [0.1, 0.15) is 4.21 Å². The van der Waals surface area contributed by atoms with E-state index in [1.54, 1.807) is 12.1 Å². The number of hydrogen-bond donors (Lipinski definition) is 2. The second-order valence-electron chi connectivity index (χ2n) is 6.80. The number of nitrogens with zero attached hydrogens (tertiary/aromatic N) is 1. The normalized spacial score (nSPS) is 13.6. The third-order valence-corrected chi connectivity index (χ3v) is 8.17. The Balaban J connectivity index is 1.52. The Morgan fingerprint density at radius 1 is 1.00 bits per heavy atom. The number of nitrogens with one attached hydrogen (secondary N) is 2. The van der Waals surface area contributed by atoms with Crippen molar-refractivity contribution < 1.29 is 22.8 Å². The highest BCUT2D eigenvalue weighted by Crippen LogP contribution is 2.34. The molecular weight excluding hydrogens is 533 g/mol. The number of amides is 4. The predicted molar refractivity (Wildman–Crippen MR) is 127 cm³/mol. The quantitative estimate of drug-likeness (QED) is 0.451. The van der Waals surface area contributed by atoms with Crippen LogP contribution in [0.2, 0.25) is 14.4 Å². The van der Waals surface area contributed by atoms with Crippen molar-refractivity contribution in [1.82, 2.24) is 4.72 Å². The van der Waals surface area contributed by atoms with Crippen molar-refractivity contribution in [2.24, 2.45) is 0 Å². The van der Waals surface area contributed by atoms with Crippen molar-refractivity contribution in [1.29, 1.82) is 0 Å². The lowest BCUT2D eigenvalue weighted by atomic mass is 9.98. The summed E-state index contributed by atoms with van der Waals surface area (Å²) in [6.07, 6.45) is -0.0367. The molecule has 4 amide bonds. The van der Waals surface area contributed by atoms with Gasteiger partial charge in [-0.15, -0.1) is 11.3 Å². The molecule has 3 aromatic rings. The Morgan fingerprint density at radius 3 is 2.42 bits per heavy atom. The third kappa shape index (κ3) is 4.85. The first kappa shape index (κ1) is 23.5. The van der Waals surface area contributed by atoms with Crippen LogP contribution in [0.5, 0.6) is 0 Å². The predicted octanol–water partition coefficient (Wildman–Crippen LogP) is 4.95. The SMILES string of the molecule is O=C(Nc1ccc(N2C(=O)Cc3cc(Cl)ccc3C2=O)c(Cl)c1)NS(=O)(=O)c1ccc(Cl)s1. The molecule has 0 saturated carbocycles. The number of sulfonamides is 1. The molecule has 8 nitrogen and oxygen atoms in total. The molecule has 0 aliphatic carbocycles. The number of anilines is 2. The first-order valence-corrected chi connectivity index (χ1v) is 12.5. The van der Waals surface area contributed by atoms with Crippen molar-refractivity contribution in [3.63, 3.8) is 0 Å². The average molecular weight is 545 g/mol. The molecule has 0 atom stereocenters. The van der Waals surface area contributed by atoms with Gasteiger partial charge in [0.25, 0.3) is 15.9 Å². The highest BCUT2D eigenvalue weighted by molar-refractivity contribution is 7.92. The van der Waals surface area contributed by atoms with Crippen LogP contribution in [0.3, 0.4) is 0 Å². The highest BCUT2D eigenvalue weighted by Gasteiger charge is 2.33. The van der Waals surface area contributed by atoms with E-state index in [0.717, 1.165) is 16.2 Å². The number of thiophene rings is 1. The van der Waals surface area contributed by atoms with Gasteiger partial charge in [0.2, 0.25) is 5.91 Å². The van der Waals surface area contributed by atoms with Crippen LogP contribution in [0, 0.1) is 0 Å². The molecule has 2 aromatic carbocycles. The van der Waals surface area contributed by atoms with Crippen molar-refractivity contribution >= 4 is 85.4 Å². The van der Waals surface area contributed by atoms with E-state index in [2.05, 4.69) is 5.32 Å². The number of rotatable bonds is 4. The molecular formula is C20H12Cl3N3O5S2. The summed E-state index contributed by atoms with van der Waals surface area (Å²) in [6, 6.07) is 10.3. The number of hydrogen-bond acceptors (Lipinski definition) is 6. The van der Waals surface area contributed by atoms with E-state index < -0.39 is 27.9 Å². The molecule has 0 bridgehead atoms. The fraction of sp³-hybridized carbons (Fsp3) is 0.0500. The largest absolute Gasteiger partial charge is 0.333 e. The van der Waals surface area contributed by atoms with Crippen LogP contribution in [-0.4, -0.2) is 26.3 Å². The maximum Gasteiger partial charge on any atom is 0.333 e. The lowest BCUT2D eigenvalue weighted by Crippen LogP contribution is -2.42. The van der Waals surface area contributed by atoms with Gasteiger partial charge in [-0.3, -0.25) is 9.59 Å². The molecule has 170 valence electrons. The Morgan fingerprint density at radius 2 is 1.76 bits per heavy atom. The first-order chi connectivity index (χ1) is 15.5. The third-order valence-electron chi connectivity index (χ3n) is 4.58. The van der Waals surface area contributed by atoms with Gasteiger partial charge in [-0.25, -0.2) is 22.8 Å². The molecule has 0 radical (unpaired) electrons. The van der Waals surface area contributed by atoms with E-state index in [0.29, 0.717) is 16.1 Å². The van der Waals surface area contributed by atoms with Crippen molar-refractivity contribution in [2.75, 3.05) is 10.2 Å². The van der Waals surface area contributed by atoms with Crippen LogP contribution in [0.1, 0.15) is 15.9 Å². The summed E-state index contributed by atoms with van der Waals surface area (Å²) in [7, 11) is -4.11. The molecule has 0 unspecified atom stereocenters. The maximum absolute atomic E-state index is 12.9. The number of imide groups is 1. The highest BCUT2D eigenvalue weighted by atomic mass is 35.5. The lowest BCUT2D eigenvalue weighted by Gasteiger charge is -2.27. The zero-order valence-electron chi connectivity index (χ0n) is 16.3. The Kier molecular flexibility index (Phi) is 6.39. The fourth-order valence-electron chi connectivity index (χ4n) is 3.17. The average Bonchev–Trinajstić information content (AvgIpc) is 3.16. The van der Waals surface area contributed by atoms with Gasteiger partial charge in [-0.2, -0.15) is 0 Å². The zero-order valence-corrected chi connectivity index (χ0v) is 20.2. The summed E-state index contributed by atoms with van der Waals surface area (Å²) in [6.45, 7) is 0. The van der Waals surface area contributed by atoms with Crippen LogP contribution < -0.4 is 14.9 Å². The second kappa shape index (κ2) is 8.96. The van der Waals surface area contributed by atoms with Crippen LogP contribution in [0.25, 0.3) is 0 Å². The first-order valence-electron chi connectivity index (χ1n) is 9.09. The van der Waals surface area contributed by atoms with Crippen LogP contribution >= 0.6 is 46.1 Å². The van der Waals surface area contributed by atoms with Gasteiger partial charge in [0.05, 0.1) is 21.5 Å². The molecule has 1 aliphatic rings. The van der Waals surface area contributed by atoms with E-state index in [9.17, 15) is 22.8 Å². The topological polar surface area (TPSA) is 113 Å². The van der Waals surface area contributed by atoms with Gasteiger partial charge >= 0.3 is 6.03 Å². The van der Waals surface area contributed by atoms with E-state index in [4.69, 9.17) is 34.8 Å². The summed E-state index contributed by atoms with van der Waals surface area (Å²) in [5.74, 6) is -1.05. The van der Waals surface area contributed by atoms with Crippen molar-refractivity contribution in [3.8, 4) is 0 Å². The van der Waals surface area contributed by atoms with Crippen LogP contribution in [-0.2, 0) is 21.2 Å². The monoisotopic (exact) mass is 543 g/mol. The Hall–Kier alpha value is -2.63.